The van der Waals surface area contributed by atoms with Gasteiger partial charge in [-0.2, -0.15) is 0 Å². The van der Waals surface area contributed by atoms with Gasteiger partial charge in [-0.05, 0) is 51.4 Å². The molecule has 0 radical (unpaired) electrons. The van der Waals surface area contributed by atoms with Gasteiger partial charge in [0.1, 0.15) is 6.10 Å². The van der Waals surface area contributed by atoms with Crippen LogP contribution in [0, 0.1) is 0 Å². The van der Waals surface area contributed by atoms with E-state index in [1.807, 2.05) is 0 Å². The van der Waals surface area contributed by atoms with Gasteiger partial charge in [0.2, 0.25) is 5.91 Å². The Bertz CT molecular complexity index is 1060. The minimum absolute atomic E-state index is 0.151. The minimum atomic E-state index is -1.17. The van der Waals surface area contributed by atoms with Crippen molar-refractivity contribution in [1.82, 2.24) is 5.32 Å². The van der Waals surface area contributed by atoms with Crippen LogP contribution in [0.25, 0.3) is 0 Å². The molecule has 5 nitrogen and oxygen atoms in total. The van der Waals surface area contributed by atoms with Crippen molar-refractivity contribution in [2.75, 3.05) is 6.61 Å². The lowest BCUT2D eigenvalue weighted by molar-refractivity contribution is -0.124. The van der Waals surface area contributed by atoms with Gasteiger partial charge in [0, 0.05) is 6.42 Å². The van der Waals surface area contributed by atoms with Crippen LogP contribution in [0.1, 0.15) is 367 Å². The molecule has 422 valence electrons. The molecule has 0 bridgehead atoms. The van der Waals surface area contributed by atoms with Crippen molar-refractivity contribution < 1.29 is 20.1 Å². The maximum absolute atomic E-state index is 12.5. The second-order valence-corrected chi connectivity index (χ2v) is 22.7. The highest BCUT2D eigenvalue weighted by Gasteiger charge is 2.26. The molecule has 0 aliphatic carbocycles. The fourth-order valence-corrected chi connectivity index (χ4v) is 10.5. The number of hydrogen-bond donors (Lipinski definition) is 4. The molecule has 3 unspecified atom stereocenters. The maximum atomic E-state index is 12.5. The second kappa shape index (κ2) is 61.4. The van der Waals surface area contributed by atoms with E-state index < -0.39 is 18.2 Å². The predicted octanol–water partition coefficient (Wildman–Crippen LogP) is 20.8. The van der Waals surface area contributed by atoms with Crippen molar-refractivity contribution in [3.63, 3.8) is 0 Å². The molecule has 4 N–H and O–H groups in total. The molecule has 0 saturated heterocycles. The van der Waals surface area contributed by atoms with Crippen molar-refractivity contribution in [3.05, 3.63) is 24.3 Å². The Kier molecular flexibility index (Phi) is 60.4. The first-order valence-corrected chi connectivity index (χ1v) is 32.6. The number of allylic oxidation sites excluding steroid dienone is 4. The Morgan fingerprint density at radius 2 is 0.577 bits per heavy atom. The van der Waals surface area contributed by atoms with Crippen LogP contribution in [-0.2, 0) is 4.79 Å². The Labute approximate surface area is 445 Å². The molecule has 0 rings (SSSR count). The summed E-state index contributed by atoms with van der Waals surface area (Å²) in [5.74, 6) is -0.151. The molecular weight excluding hydrogens is 871 g/mol. The highest BCUT2D eigenvalue weighted by atomic mass is 16.3. The largest absolute Gasteiger partial charge is 0.394 e. The standard InChI is InChI=1S/C66H129NO4/c1-3-5-7-9-11-13-15-17-19-21-23-24-25-26-27-28-29-30-31-32-33-34-35-36-37-38-39-40-41-42-43-45-47-49-51-53-55-57-59-61-65(70)67-63(62-68)66(71)64(69)60-58-56-54-52-50-48-46-44-22-20-18-16-14-12-10-8-6-4-2/h44,46,52,54,63-64,66,68-69,71H,3-43,45,47-51,53,55-62H2,1-2H3,(H,67,70)/b46-44+,54-52+. The van der Waals surface area contributed by atoms with Crippen molar-refractivity contribution >= 4 is 5.91 Å². The number of rotatable bonds is 61. The summed E-state index contributed by atoms with van der Waals surface area (Å²) in [6.45, 7) is 4.20. The monoisotopic (exact) mass is 1000 g/mol. The smallest absolute Gasteiger partial charge is 0.220 e. The van der Waals surface area contributed by atoms with E-state index in [2.05, 4.69) is 43.5 Å². The van der Waals surface area contributed by atoms with Gasteiger partial charge in [-0.1, -0.05) is 334 Å². The van der Waals surface area contributed by atoms with Crippen LogP contribution >= 0.6 is 0 Å². The van der Waals surface area contributed by atoms with Gasteiger partial charge in [0.15, 0.2) is 0 Å². The SMILES string of the molecule is CCCCCCCCCCC/C=C/CC/C=C/CCCC(O)C(O)C(CO)NC(=O)CCCCCCCCCCCCCCCCCCCCCCCCCCCCCCCCCCCCCCCCC. The van der Waals surface area contributed by atoms with Gasteiger partial charge in [0.05, 0.1) is 18.8 Å². The molecule has 0 aliphatic heterocycles. The number of nitrogens with one attached hydrogen (secondary N) is 1. The predicted molar refractivity (Wildman–Crippen MR) is 315 cm³/mol. The van der Waals surface area contributed by atoms with Crippen molar-refractivity contribution in [1.29, 1.82) is 0 Å². The summed E-state index contributed by atoms with van der Waals surface area (Å²) in [6, 6.07) is -0.831. The number of carbonyl (C=O) groups excluding carboxylic acids is 1. The van der Waals surface area contributed by atoms with Gasteiger partial charge in [-0.25, -0.2) is 0 Å². The van der Waals surface area contributed by atoms with Crippen LogP contribution in [-0.4, -0.2) is 46.1 Å². The number of aliphatic hydroxyl groups is 3. The zero-order chi connectivity index (χ0) is 51.4. The lowest BCUT2D eigenvalue weighted by Crippen LogP contribution is -2.50. The summed E-state index contributed by atoms with van der Waals surface area (Å²) in [6.07, 6.45) is 79.7. The fraction of sp³-hybridized carbons (Fsp3) is 0.924. The molecule has 0 heterocycles. The van der Waals surface area contributed by atoms with Crippen LogP contribution in [0.4, 0.5) is 0 Å². The Morgan fingerprint density at radius 3 is 0.859 bits per heavy atom. The van der Waals surface area contributed by atoms with E-state index in [4.69, 9.17) is 0 Å². The van der Waals surface area contributed by atoms with Crippen LogP contribution < -0.4 is 5.32 Å². The lowest BCUT2D eigenvalue weighted by atomic mass is 10.0. The Morgan fingerprint density at radius 1 is 0.338 bits per heavy atom. The molecular formula is C66H129NO4. The van der Waals surface area contributed by atoms with Gasteiger partial charge in [-0.15, -0.1) is 0 Å². The zero-order valence-electron chi connectivity index (χ0n) is 48.4. The van der Waals surface area contributed by atoms with Crippen molar-refractivity contribution in [2.24, 2.45) is 0 Å². The number of amides is 1. The number of carbonyl (C=O) groups is 1. The first-order chi connectivity index (χ1) is 35.1. The molecule has 0 saturated carbocycles. The van der Waals surface area contributed by atoms with E-state index >= 15 is 0 Å². The van der Waals surface area contributed by atoms with Crippen molar-refractivity contribution in [2.45, 2.75) is 385 Å². The molecule has 0 aromatic heterocycles. The number of hydrogen-bond acceptors (Lipinski definition) is 4. The van der Waals surface area contributed by atoms with E-state index in [1.54, 1.807) is 0 Å². The average molecular weight is 1000 g/mol. The molecule has 0 spiro atoms. The van der Waals surface area contributed by atoms with E-state index in [9.17, 15) is 20.1 Å². The highest BCUT2D eigenvalue weighted by molar-refractivity contribution is 5.76. The first kappa shape index (κ1) is 69.8. The third-order valence-electron chi connectivity index (χ3n) is 15.5. The van der Waals surface area contributed by atoms with Crippen molar-refractivity contribution in [3.8, 4) is 0 Å². The van der Waals surface area contributed by atoms with Gasteiger partial charge in [-0.3, -0.25) is 4.79 Å². The van der Waals surface area contributed by atoms with Crippen LogP contribution in [0.2, 0.25) is 0 Å². The van der Waals surface area contributed by atoms with Crippen LogP contribution in [0.3, 0.4) is 0 Å². The summed E-state index contributed by atoms with van der Waals surface area (Å²) in [7, 11) is 0. The van der Waals surface area contributed by atoms with Gasteiger partial charge < -0.3 is 20.6 Å². The lowest BCUT2D eigenvalue weighted by Gasteiger charge is -2.26. The Balaban J connectivity index is 3.44. The molecule has 0 aromatic carbocycles. The molecule has 71 heavy (non-hydrogen) atoms. The minimum Gasteiger partial charge on any atom is -0.394 e. The molecule has 3 atom stereocenters. The summed E-state index contributed by atoms with van der Waals surface area (Å²) < 4.78 is 0. The zero-order valence-corrected chi connectivity index (χ0v) is 48.4. The highest BCUT2D eigenvalue weighted by Crippen LogP contribution is 2.19. The average Bonchev–Trinajstić information content (AvgIpc) is 3.37. The number of aliphatic hydroxyl groups excluding tert-OH is 3. The molecule has 0 aromatic rings. The number of unbranched alkanes of at least 4 members (excludes halogenated alkanes) is 49. The van der Waals surface area contributed by atoms with E-state index in [0.717, 1.165) is 44.9 Å². The van der Waals surface area contributed by atoms with E-state index in [1.165, 1.54) is 295 Å². The normalized spacial score (nSPS) is 13.3. The van der Waals surface area contributed by atoms with E-state index in [-0.39, 0.29) is 12.5 Å². The third-order valence-corrected chi connectivity index (χ3v) is 15.5. The topological polar surface area (TPSA) is 89.8 Å². The summed E-state index contributed by atoms with van der Waals surface area (Å²) in [5.41, 5.74) is 0. The Hall–Kier alpha value is -1.17. The molecule has 1 amide bonds. The second-order valence-electron chi connectivity index (χ2n) is 22.7. The summed E-state index contributed by atoms with van der Waals surface area (Å²) in [5, 5.41) is 33.8. The molecule has 0 fully saturated rings. The van der Waals surface area contributed by atoms with E-state index in [0.29, 0.717) is 12.8 Å². The quantitative estimate of drug-likeness (QED) is 0.0361. The maximum Gasteiger partial charge on any atom is 0.220 e. The molecule has 5 heteroatoms. The summed E-state index contributed by atoms with van der Waals surface area (Å²) in [4.78, 5) is 12.5. The van der Waals surface area contributed by atoms with Gasteiger partial charge in [0.25, 0.3) is 0 Å². The molecule has 0 aliphatic rings. The third kappa shape index (κ3) is 56.4. The fourth-order valence-electron chi connectivity index (χ4n) is 10.5. The van der Waals surface area contributed by atoms with Crippen LogP contribution in [0.5, 0.6) is 0 Å². The summed E-state index contributed by atoms with van der Waals surface area (Å²) >= 11 is 0. The first-order valence-electron chi connectivity index (χ1n) is 32.6. The van der Waals surface area contributed by atoms with Crippen LogP contribution in [0.15, 0.2) is 24.3 Å². The van der Waals surface area contributed by atoms with Gasteiger partial charge >= 0.3 is 0 Å².